The summed E-state index contributed by atoms with van der Waals surface area (Å²) in [7, 11) is -3.35. The van der Waals surface area contributed by atoms with E-state index in [1.54, 1.807) is 50.5 Å². The van der Waals surface area contributed by atoms with Crippen molar-refractivity contribution in [2.24, 2.45) is 0 Å². The Kier molecular flexibility index (Phi) is 5.80. The van der Waals surface area contributed by atoms with Crippen LogP contribution in [-0.2, 0) is 16.4 Å². The highest BCUT2D eigenvalue weighted by atomic mass is 32.2. The van der Waals surface area contributed by atoms with Gasteiger partial charge in [0.15, 0.2) is 15.5 Å². The van der Waals surface area contributed by atoms with Gasteiger partial charge in [0.2, 0.25) is 0 Å². The average Bonchev–Trinajstić information content (AvgIpc) is 3.21. The summed E-state index contributed by atoms with van der Waals surface area (Å²) in [6.45, 7) is 5.72. The van der Waals surface area contributed by atoms with Crippen LogP contribution < -0.4 is 5.32 Å². The number of hydrogen-bond acceptors (Lipinski definition) is 5. The van der Waals surface area contributed by atoms with Gasteiger partial charge < -0.3 is 10.3 Å². The van der Waals surface area contributed by atoms with Gasteiger partial charge in [0, 0.05) is 18.3 Å². The summed E-state index contributed by atoms with van der Waals surface area (Å²) < 4.78 is 24.7. The Morgan fingerprint density at radius 1 is 1.09 bits per heavy atom. The normalized spacial score (nSPS) is 11.8. The molecule has 2 N–H and O–H groups in total. The minimum atomic E-state index is -3.35. The van der Waals surface area contributed by atoms with Crippen molar-refractivity contribution in [1.29, 1.82) is 0 Å². The maximum absolute atomic E-state index is 12.8. The Morgan fingerprint density at radius 3 is 2.50 bits per heavy atom. The average molecular weight is 449 g/mol. The monoisotopic (exact) mass is 448 g/mol. The van der Waals surface area contributed by atoms with E-state index in [2.05, 4.69) is 20.3 Å². The Morgan fingerprint density at radius 2 is 1.81 bits per heavy atom. The molecule has 2 heterocycles. The van der Waals surface area contributed by atoms with Crippen molar-refractivity contribution in [3.05, 3.63) is 77.6 Å². The zero-order chi connectivity index (χ0) is 22.9. The van der Waals surface area contributed by atoms with Crippen molar-refractivity contribution in [2.45, 2.75) is 37.5 Å². The molecule has 0 unspecified atom stereocenters. The first-order valence-corrected chi connectivity index (χ1v) is 11.8. The van der Waals surface area contributed by atoms with Crippen molar-refractivity contribution in [3.8, 4) is 11.3 Å². The van der Waals surface area contributed by atoms with Crippen LogP contribution in [0.2, 0.25) is 0 Å². The molecule has 2 aromatic carbocycles. The number of carbonyl (C=O) groups excluding carboxylic acids is 1. The molecule has 0 fully saturated rings. The summed E-state index contributed by atoms with van der Waals surface area (Å²) in [5, 5.41) is 2.44. The maximum Gasteiger partial charge on any atom is 0.255 e. The zero-order valence-corrected chi connectivity index (χ0v) is 18.9. The molecule has 32 heavy (non-hydrogen) atoms. The van der Waals surface area contributed by atoms with E-state index in [4.69, 9.17) is 0 Å². The summed E-state index contributed by atoms with van der Waals surface area (Å²) in [5.74, 6) is -0.246. The number of nitrogens with zero attached hydrogens (tertiary/aromatic N) is 2. The summed E-state index contributed by atoms with van der Waals surface area (Å²) in [6.07, 6.45) is 3.19. The molecule has 0 atom stereocenters. The number of amides is 1. The van der Waals surface area contributed by atoms with Crippen molar-refractivity contribution in [2.75, 3.05) is 0 Å². The molecular formula is C24H24N4O3S. The van der Waals surface area contributed by atoms with E-state index in [0.29, 0.717) is 29.0 Å². The lowest BCUT2D eigenvalue weighted by Crippen LogP contribution is -2.23. The first-order chi connectivity index (χ1) is 15.3. The van der Waals surface area contributed by atoms with Crippen molar-refractivity contribution < 1.29 is 13.2 Å². The smallest absolute Gasteiger partial charge is 0.255 e. The number of benzene rings is 2. The lowest BCUT2D eigenvalue weighted by molar-refractivity contribution is 0.0952. The summed E-state index contributed by atoms with van der Waals surface area (Å²) in [5.41, 5.74) is 4.80. The number of H-pyrrole nitrogens is 1. The number of nitrogens with one attached hydrogen (secondary N) is 2. The van der Waals surface area contributed by atoms with Gasteiger partial charge in [-0.1, -0.05) is 36.4 Å². The van der Waals surface area contributed by atoms with E-state index in [9.17, 15) is 13.2 Å². The highest BCUT2D eigenvalue weighted by molar-refractivity contribution is 7.92. The second-order valence-electron chi connectivity index (χ2n) is 7.88. The number of fused-ring (bicyclic) bond motifs is 1. The number of aromatic nitrogens is 3. The Hall–Kier alpha value is -3.52. The summed E-state index contributed by atoms with van der Waals surface area (Å²) in [4.78, 5) is 25.1. The SMILES string of the molecule is Cc1ccccc1CNC(=O)c1c[nH]c2ncc(-c3ccc(S(=O)(=O)C(C)C)cc3)nc12. The molecular weight excluding hydrogens is 424 g/mol. The minimum absolute atomic E-state index is 0.246. The van der Waals surface area contributed by atoms with Crippen molar-refractivity contribution in [3.63, 3.8) is 0 Å². The van der Waals surface area contributed by atoms with Gasteiger partial charge >= 0.3 is 0 Å². The van der Waals surface area contributed by atoms with Gasteiger partial charge in [-0.15, -0.1) is 0 Å². The Bertz CT molecular complexity index is 1390. The van der Waals surface area contributed by atoms with E-state index in [-0.39, 0.29) is 10.8 Å². The van der Waals surface area contributed by atoms with Crippen LogP contribution in [0.4, 0.5) is 0 Å². The van der Waals surface area contributed by atoms with Crippen LogP contribution in [0.15, 0.2) is 65.8 Å². The molecule has 0 aliphatic carbocycles. The second kappa shape index (κ2) is 8.55. The van der Waals surface area contributed by atoms with Gasteiger partial charge in [-0.05, 0) is 44.0 Å². The molecule has 0 saturated carbocycles. The number of hydrogen-bond donors (Lipinski definition) is 2. The van der Waals surface area contributed by atoms with Crippen molar-refractivity contribution in [1.82, 2.24) is 20.3 Å². The standard InChI is InChI=1S/C24H24N4O3S/c1-15(2)32(30,31)19-10-8-17(9-11-19)21-14-26-23-22(28-21)20(13-25-23)24(29)27-12-18-7-5-4-6-16(18)3/h4-11,13-15H,12H2,1-3H3,(H,25,26)(H,27,29). The van der Waals surface area contributed by atoms with Crippen molar-refractivity contribution >= 4 is 26.9 Å². The predicted molar refractivity (Wildman–Crippen MR) is 124 cm³/mol. The van der Waals surface area contributed by atoms with E-state index in [1.165, 1.54) is 0 Å². The minimum Gasteiger partial charge on any atom is -0.348 e. The molecule has 0 radical (unpaired) electrons. The van der Waals surface area contributed by atoms with Gasteiger partial charge in [-0.3, -0.25) is 4.79 Å². The van der Waals surface area contributed by atoms with Crippen LogP contribution in [0.25, 0.3) is 22.4 Å². The number of aryl methyl sites for hydroxylation is 1. The number of aromatic amines is 1. The highest BCUT2D eigenvalue weighted by Crippen LogP contribution is 2.24. The van der Waals surface area contributed by atoms with Crippen LogP contribution in [0.5, 0.6) is 0 Å². The number of carbonyl (C=O) groups is 1. The fourth-order valence-electron chi connectivity index (χ4n) is 3.37. The van der Waals surface area contributed by atoms with E-state index in [0.717, 1.165) is 16.7 Å². The molecule has 7 nitrogen and oxygen atoms in total. The van der Waals surface area contributed by atoms with E-state index >= 15 is 0 Å². The lowest BCUT2D eigenvalue weighted by Gasteiger charge is -2.09. The van der Waals surface area contributed by atoms with Gasteiger partial charge in [0.1, 0.15) is 5.52 Å². The summed E-state index contributed by atoms with van der Waals surface area (Å²) >= 11 is 0. The second-order valence-corrected chi connectivity index (χ2v) is 10.4. The highest BCUT2D eigenvalue weighted by Gasteiger charge is 2.19. The third kappa shape index (κ3) is 4.13. The fraction of sp³-hybridized carbons (Fsp3) is 0.208. The Balaban J connectivity index is 1.60. The molecule has 8 heteroatoms. The van der Waals surface area contributed by atoms with Gasteiger partial charge in [-0.2, -0.15) is 0 Å². The molecule has 164 valence electrons. The topological polar surface area (TPSA) is 105 Å². The molecule has 0 aliphatic heterocycles. The molecule has 0 spiro atoms. The molecule has 1 amide bonds. The maximum atomic E-state index is 12.8. The number of sulfone groups is 1. The van der Waals surface area contributed by atoms with Crippen LogP contribution >= 0.6 is 0 Å². The molecule has 2 aromatic heterocycles. The molecule has 4 aromatic rings. The van der Waals surface area contributed by atoms with Gasteiger partial charge in [0.05, 0.1) is 27.6 Å². The first-order valence-electron chi connectivity index (χ1n) is 10.3. The third-order valence-electron chi connectivity index (χ3n) is 5.43. The third-order valence-corrected chi connectivity index (χ3v) is 7.60. The zero-order valence-electron chi connectivity index (χ0n) is 18.1. The van der Waals surface area contributed by atoms with Crippen LogP contribution in [0.1, 0.15) is 35.3 Å². The Labute approximate surface area is 186 Å². The van der Waals surface area contributed by atoms with E-state index < -0.39 is 15.1 Å². The van der Waals surface area contributed by atoms with E-state index in [1.807, 2.05) is 31.2 Å². The van der Waals surface area contributed by atoms with Gasteiger partial charge in [0.25, 0.3) is 5.91 Å². The van der Waals surface area contributed by atoms with Crippen LogP contribution in [0, 0.1) is 6.92 Å². The fourth-order valence-corrected chi connectivity index (χ4v) is 4.43. The quantitative estimate of drug-likeness (QED) is 0.463. The van der Waals surface area contributed by atoms with Gasteiger partial charge in [-0.25, -0.2) is 18.4 Å². The molecule has 0 saturated heterocycles. The molecule has 0 aliphatic rings. The largest absolute Gasteiger partial charge is 0.348 e. The lowest BCUT2D eigenvalue weighted by atomic mass is 10.1. The molecule has 0 bridgehead atoms. The molecule has 4 rings (SSSR count). The van der Waals surface area contributed by atoms with Crippen LogP contribution in [0.3, 0.4) is 0 Å². The first kappa shape index (κ1) is 21.7. The summed E-state index contributed by atoms with van der Waals surface area (Å²) in [6, 6.07) is 14.4. The predicted octanol–water partition coefficient (Wildman–Crippen LogP) is 4.05. The van der Waals surface area contributed by atoms with Crippen LogP contribution in [-0.4, -0.2) is 34.5 Å². The number of rotatable bonds is 6.